The van der Waals surface area contributed by atoms with E-state index in [2.05, 4.69) is 15.2 Å². The molecule has 25 heavy (non-hydrogen) atoms. The highest BCUT2D eigenvalue weighted by molar-refractivity contribution is 5.67. The van der Waals surface area contributed by atoms with E-state index in [1.165, 1.54) is 38.8 Å². The highest BCUT2D eigenvalue weighted by Crippen LogP contribution is 2.38. The molecule has 1 aliphatic heterocycles. The summed E-state index contributed by atoms with van der Waals surface area (Å²) in [6.45, 7) is 4.49. The topological polar surface area (TPSA) is 65.5 Å². The minimum atomic E-state index is -0.628. The van der Waals surface area contributed by atoms with E-state index in [4.69, 9.17) is 5.11 Å². The van der Waals surface area contributed by atoms with Crippen LogP contribution in [0.1, 0.15) is 44.9 Å². The van der Waals surface area contributed by atoms with Crippen molar-refractivity contribution in [3.8, 4) is 0 Å². The summed E-state index contributed by atoms with van der Waals surface area (Å²) in [7, 11) is 0. The largest absolute Gasteiger partial charge is 0.481 e. The predicted octanol–water partition coefficient (Wildman–Crippen LogP) is 3.49. The van der Waals surface area contributed by atoms with Crippen LogP contribution in [0.15, 0.2) is 24.5 Å². The lowest BCUT2D eigenvalue weighted by molar-refractivity contribution is -0.138. The first-order valence-corrected chi connectivity index (χ1v) is 9.79. The summed E-state index contributed by atoms with van der Waals surface area (Å²) < 4.78 is 0. The number of aromatic nitrogens is 1. The van der Waals surface area contributed by atoms with Crippen molar-refractivity contribution in [3.63, 3.8) is 0 Å². The van der Waals surface area contributed by atoms with Crippen LogP contribution in [0.3, 0.4) is 0 Å². The zero-order chi connectivity index (χ0) is 17.5. The van der Waals surface area contributed by atoms with E-state index in [9.17, 15) is 4.79 Å². The van der Waals surface area contributed by atoms with Gasteiger partial charge in [-0.2, -0.15) is 0 Å². The second-order valence-corrected chi connectivity index (χ2v) is 7.72. The normalized spacial score (nSPS) is 25.6. The van der Waals surface area contributed by atoms with Crippen LogP contribution >= 0.6 is 0 Å². The Morgan fingerprint density at radius 3 is 2.36 bits per heavy atom. The highest BCUT2D eigenvalue weighted by atomic mass is 16.4. The van der Waals surface area contributed by atoms with E-state index in [-0.39, 0.29) is 0 Å². The molecule has 2 N–H and O–H groups in total. The molecule has 0 spiro atoms. The molecule has 0 unspecified atom stereocenters. The van der Waals surface area contributed by atoms with Crippen molar-refractivity contribution < 1.29 is 9.90 Å². The lowest BCUT2D eigenvalue weighted by atomic mass is 9.72. The highest BCUT2D eigenvalue weighted by Gasteiger charge is 2.30. The summed E-state index contributed by atoms with van der Waals surface area (Å²) in [6.07, 6.45) is 11.3. The van der Waals surface area contributed by atoms with Gasteiger partial charge in [-0.25, -0.2) is 0 Å². The molecule has 0 bridgehead atoms. The summed E-state index contributed by atoms with van der Waals surface area (Å²) in [4.78, 5) is 17.5. The van der Waals surface area contributed by atoms with E-state index in [1.807, 2.05) is 24.5 Å². The Hall–Kier alpha value is -1.62. The average Bonchev–Trinajstić information content (AvgIpc) is 2.63. The molecule has 2 fully saturated rings. The number of nitrogens with one attached hydrogen (secondary N) is 1. The summed E-state index contributed by atoms with van der Waals surface area (Å²) in [5.41, 5.74) is 1.14. The van der Waals surface area contributed by atoms with Crippen molar-refractivity contribution >= 4 is 11.7 Å². The van der Waals surface area contributed by atoms with Crippen molar-refractivity contribution in [2.75, 3.05) is 31.5 Å². The number of aliphatic carboxylic acids is 1. The minimum absolute atomic E-state index is 0.371. The smallest absolute Gasteiger partial charge is 0.303 e. The van der Waals surface area contributed by atoms with Crippen molar-refractivity contribution in [1.82, 2.24) is 9.88 Å². The first kappa shape index (κ1) is 18.2. The monoisotopic (exact) mass is 345 g/mol. The molecule has 5 heteroatoms. The molecule has 3 rings (SSSR count). The number of carboxylic acid groups (broad SMARTS) is 1. The third-order valence-corrected chi connectivity index (χ3v) is 6.09. The molecule has 1 saturated heterocycles. The second kappa shape index (κ2) is 9.18. The number of hydrogen-bond donors (Lipinski definition) is 2. The molecule has 138 valence electrons. The molecule has 0 amide bonds. The molecule has 1 aromatic rings. The Balaban J connectivity index is 1.32. The fourth-order valence-corrected chi connectivity index (χ4v) is 4.59. The van der Waals surface area contributed by atoms with Crippen molar-refractivity contribution in [2.45, 2.75) is 44.9 Å². The van der Waals surface area contributed by atoms with E-state index in [1.54, 1.807) is 0 Å². The van der Waals surface area contributed by atoms with E-state index >= 15 is 0 Å². The minimum Gasteiger partial charge on any atom is -0.481 e. The first-order chi connectivity index (χ1) is 12.2. The average molecular weight is 345 g/mol. The van der Waals surface area contributed by atoms with Crippen LogP contribution in [0.4, 0.5) is 5.69 Å². The molecule has 0 radical (unpaired) electrons. The van der Waals surface area contributed by atoms with Gasteiger partial charge in [0.2, 0.25) is 0 Å². The maximum absolute atomic E-state index is 10.9. The van der Waals surface area contributed by atoms with Crippen LogP contribution in [0.5, 0.6) is 0 Å². The zero-order valence-corrected chi connectivity index (χ0v) is 15.1. The number of rotatable bonds is 7. The fourth-order valence-electron chi connectivity index (χ4n) is 4.59. The number of piperidine rings is 1. The van der Waals surface area contributed by atoms with Gasteiger partial charge in [-0.3, -0.25) is 9.78 Å². The Morgan fingerprint density at radius 1 is 1.08 bits per heavy atom. The van der Waals surface area contributed by atoms with Crippen LogP contribution in [0.2, 0.25) is 0 Å². The Labute approximate surface area is 150 Å². The number of hydrogen-bond acceptors (Lipinski definition) is 4. The van der Waals surface area contributed by atoms with E-state index in [0.717, 1.165) is 43.5 Å². The van der Waals surface area contributed by atoms with Gasteiger partial charge >= 0.3 is 5.97 Å². The Bertz CT molecular complexity index is 521. The summed E-state index contributed by atoms with van der Waals surface area (Å²) in [5.74, 6) is 1.49. The molecule has 2 heterocycles. The zero-order valence-electron chi connectivity index (χ0n) is 15.1. The van der Waals surface area contributed by atoms with Gasteiger partial charge in [0.15, 0.2) is 0 Å². The van der Waals surface area contributed by atoms with Crippen molar-refractivity contribution in [3.05, 3.63) is 24.5 Å². The van der Waals surface area contributed by atoms with E-state index < -0.39 is 5.97 Å². The van der Waals surface area contributed by atoms with Gasteiger partial charge in [0.25, 0.3) is 0 Å². The van der Waals surface area contributed by atoms with Crippen molar-refractivity contribution in [2.24, 2.45) is 17.8 Å². The molecule has 1 aliphatic carbocycles. The molecule has 2 aliphatic rings. The number of carbonyl (C=O) groups is 1. The van der Waals surface area contributed by atoms with Crippen LogP contribution in [0.25, 0.3) is 0 Å². The van der Waals surface area contributed by atoms with Gasteiger partial charge in [0.05, 0.1) is 0 Å². The second-order valence-electron chi connectivity index (χ2n) is 7.72. The van der Waals surface area contributed by atoms with E-state index in [0.29, 0.717) is 12.3 Å². The van der Waals surface area contributed by atoms with Crippen LogP contribution in [-0.2, 0) is 4.79 Å². The van der Waals surface area contributed by atoms with Crippen LogP contribution < -0.4 is 5.32 Å². The number of pyridine rings is 1. The molecule has 1 saturated carbocycles. The molecule has 0 atom stereocenters. The quantitative estimate of drug-likeness (QED) is 0.792. The fraction of sp³-hybridized carbons (Fsp3) is 0.700. The van der Waals surface area contributed by atoms with Gasteiger partial charge in [0.1, 0.15) is 0 Å². The number of likely N-dealkylation sites (tertiary alicyclic amines) is 1. The van der Waals surface area contributed by atoms with Gasteiger partial charge in [0, 0.05) is 37.6 Å². The molecular formula is C20H31N3O2. The first-order valence-electron chi connectivity index (χ1n) is 9.79. The number of carboxylic acids is 1. The third-order valence-electron chi connectivity index (χ3n) is 6.09. The lowest BCUT2D eigenvalue weighted by Gasteiger charge is -2.39. The molecular weight excluding hydrogens is 314 g/mol. The molecule has 5 nitrogen and oxygen atoms in total. The predicted molar refractivity (Wildman–Crippen MR) is 99.6 cm³/mol. The summed E-state index contributed by atoms with van der Waals surface area (Å²) in [6, 6.07) is 4.01. The van der Waals surface area contributed by atoms with Gasteiger partial charge in [-0.15, -0.1) is 0 Å². The Morgan fingerprint density at radius 2 is 1.72 bits per heavy atom. The molecule has 1 aromatic heterocycles. The third kappa shape index (κ3) is 5.70. The number of anilines is 1. The Kier molecular flexibility index (Phi) is 6.68. The number of nitrogens with zero attached hydrogens (tertiary/aromatic N) is 2. The molecule has 0 aromatic carbocycles. The van der Waals surface area contributed by atoms with Crippen LogP contribution in [-0.4, -0.2) is 47.1 Å². The maximum Gasteiger partial charge on any atom is 0.303 e. The summed E-state index contributed by atoms with van der Waals surface area (Å²) in [5, 5.41) is 12.4. The van der Waals surface area contributed by atoms with Gasteiger partial charge < -0.3 is 15.3 Å². The lowest BCUT2D eigenvalue weighted by Crippen LogP contribution is -2.39. The summed E-state index contributed by atoms with van der Waals surface area (Å²) >= 11 is 0. The van der Waals surface area contributed by atoms with Gasteiger partial charge in [-0.1, -0.05) is 0 Å². The van der Waals surface area contributed by atoms with Crippen LogP contribution in [0, 0.1) is 17.8 Å². The SMILES string of the molecule is O=C(O)CC1CCC(C2CCN(CCNc3ccncc3)CC2)CC1. The van der Waals surface area contributed by atoms with Crippen molar-refractivity contribution in [1.29, 1.82) is 0 Å². The maximum atomic E-state index is 10.9. The standard InChI is InChI=1S/C20H31N3O2/c24-20(25)15-16-1-3-17(4-2-16)18-7-12-23(13-8-18)14-11-22-19-5-9-21-10-6-19/h5-6,9-10,16-18H,1-4,7-8,11-15H2,(H,21,22)(H,24,25). The van der Waals surface area contributed by atoms with Gasteiger partial charge in [-0.05, 0) is 81.5 Å².